The van der Waals surface area contributed by atoms with Gasteiger partial charge in [0, 0.05) is 34.7 Å². The van der Waals surface area contributed by atoms with Gasteiger partial charge in [0.15, 0.2) is 5.82 Å². The molecule has 3 aromatic rings. The minimum atomic E-state index is -5.09. The summed E-state index contributed by atoms with van der Waals surface area (Å²) in [6.45, 7) is -2.93. The van der Waals surface area contributed by atoms with Gasteiger partial charge in [-0.2, -0.15) is 0 Å². The molecule has 0 unspecified atom stereocenters. The Morgan fingerprint density at radius 2 is 2.22 bits per heavy atom. The molecule has 10 heteroatoms. The predicted octanol–water partition coefficient (Wildman–Crippen LogP) is 3.99. The zero-order chi connectivity index (χ0) is 24.1. The topological polar surface area (TPSA) is 91.9 Å². The van der Waals surface area contributed by atoms with Crippen molar-refractivity contribution in [2.24, 2.45) is 0 Å². The van der Waals surface area contributed by atoms with Gasteiger partial charge in [-0.25, -0.2) is 22.2 Å². The van der Waals surface area contributed by atoms with Crippen LogP contribution in [0.4, 0.5) is 14.5 Å². The molecule has 2 heterocycles. The molecule has 0 saturated carbocycles. The van der Waals surface area contributed by atoms with Crippen LogP contribution in [0, 0.1) is 11.6 Å². The van der Waals surface area contributed by atoms with E-state index >= 15 is 4.39 Å². The van der Waals surface area contributed by atoms with E-state index in [1.807, 2.05) is 0 Å². The second-order valence-corrected chi connectivity index (χ2v) is 7.71. The number of pyridine rings is 1. The first kappa shape index (κ1) is 13.8. The number of ketones is 1. The van der Waals surface area contributed by atoms with Gasteiger partial charge in [-0.3, -0.25) is 9.52 Å². The third kappa shape index (κ3) is 3.86. The second-order valence-electron chi connectivity index (χ2n) is 5.29. The normalized spacial score (nSPS) is 15.4. The molecule has 0 fully saturated rings. The van der Waals surface area contributed by atoms with E-state index < -0.39 is 57.7 Å². The van der Waals surface area contributed by atoms with Crippen LogP contribution in [0.25, 0.3) is 11.0 Å². The van der Waals surface area contributed by atoms with E-state index in [4.69, 9.17) is 6.85 Å². The second kappa shape index (κ2) is 7.35. The number of halogens is 3. The fourth-order valence-electron chi connectivity index (χ4n) is 2.42. The Kier molecular flexibility index (Phi) is 3.75. The molecule has 27 heavy (non-hydrogen) atoms. The number of sulfonamides is 1. The fraction of sp³-hybridized carbons (Fsp3) is 0.176. The Bertz CT molecular complexity index is 1330. The maximum atomic E-state index is 15.1. The number of hydrogen-bond acceptors (Lipinski definition) is 4. The molecule has 3 rings (SSSR count). The molecule has 6 nitrogen and oxygen atoms in total. The van der Waals surface area contributed by atoms with Gasteiger partial charge in [0.25, 0.3) is 0 Å². The van der Waals surface area contributed by atoms with Crippen molar-refractivity contribution in [1.29, 1.82) is 0 Å². The van der Waals surface area contributed by atoms with Gasteiger partial charge in [-0.1, -0.05) is 6.85 Å². The molecular formula is C17H14BrF2N3O3S. The van der Waals surface area contributed by atoms with Crippen LogP contribution in [0.3, 0.4) is 0 Å². The van der Waals surface area contributed by atoms with Crippen molar-refractivity contribution in [2.75, 3.05) is 10.4 Å². The molecule has 0 bridgehead atoms. The molecule has 1 aromatic carbocycles. The number of carbonyl (C=O) groups is 1. The lowest BCUT2D eigenvalue weighted by atomic mass is 10.0. The predicted molar refractivity (Wildman–Crippen MR) is 101 cm³/mol. The number of nitrogens with one attached hydrogen (secondary N) is 2. The fourth-order valence-corrected chi connectivity index (χ4v) is 3.46. The summed E-state index contributed by atoms with van der Waals surface area (Å²) in [6.07, 6.45) is 1.26. The van der Waals surface area contributed by atoms with E-state index in [0.717, 1.165) is 0 Å². The Morgan fingerprint density at radius 3 is 2.96 bits per heavy atom. The molecular weight excluding hydrogens is 444 g/mol. The van der Waals surface area contributed by atoms with E-state index in [9.17, 15) is 17.6 Å². The quantitative estimate of drug-likeness (QED) is 0.541. The third-order valence-corrected chi connectivity index (χ3v) is 5.01. The SMILES string of the molecule is [2H]C([2H])([2H])CC([2H])([2H])S(=O)(=O)Nc1ccc(F)c(C(=O)c2c[nH]c3ncc(Br)cc23)c1F. The minimum absolute atomic E-state index is 0.135. The van der Waals surface area contributed by atoms with Gasteiger partial charge >= 0.3 is 0 Å². The van der Waals surface area contributed by atoms with Crippen LogP contribution >= 0.6 is 15.9 Å². The van der Waals surface area contributed by atoms with Crippen molar-refractivity contribution in [2.45, 2.75) is 13.3 Å². The van der Waals surface area contributed by atoms with Gasteiger partial charge in [0.05, 0.1) is 17.0 Å². The summed E-state index contributed by atoms with van der Waals surface area (Å²) in [7, 11) is -5.09. The van der Waals surface area contributed by atoms with Crippen molar-refractivity contribution >= 4 is 48.5 Å². The first-order valence-electron chi connectivity index (χ1n) is 9.81. The molecule has 2 aromatic heterocycles. The van der Waals surface area contributed by atoms with Crippen molar-refractivity contribution in [3.05, 3.63) is 57.8 Å². The highest BCUT2D eigenvalue weighted by Crippen LogP contribution is 2.28. The number of anilines is 1. The average molecular weight is 463 g/mol. The summed E-state index contributed by atoms with van der Waals surface area (Å²) in [5.74, 6) is -3.98. The van der Waals surface area contributed by atoms with Crippen LogP contribution in [0.15, 0.2) is 35.1 Å². The molecule has 0 amide bonds. The monoisotopic (exact) mass is 462 g/mol. The maximum Gasteiger partial charge on any atom is 0.232 e. The number of benzene rings is 1. The molecule has 0 saturated heterocycles. The lowest BCUT2D eigenvalue weighted by Gasteiger charge is -2.11. The van der Waals surface area contributed by atoms with E-state index in [-0.39, 0.29) is 16.6 Å². The van der Waals surface area contributed by atoms with Gasteiger partial charge < -0.3 is 4.98 Å². The van der Waals surface area contributed by atoms with E-state index in [0.29, 0.717) is 16.6 Å². The number of carbonyl (C=O) groups excluding carboxylic acids is 1. The first-order valence-corrected chi connectivity index (χ1v) is 9.58. The Balaban J connectivity index is 2.04. The smallest absolute Gasteiger partial charge is 0.232 e. The highest BCUT2D eigenvalue weighted by Gasteiger charge is 2.25. The summed E-state index contributed by atoms with van der Waals surface area (Å²) in [6, 6.07) is 2.80. The molecule has 0 aliphatic rings. The molecule has 0 aliphatic heterocycles. The average Bonchev–Trinajstić information content (AvgIpc) is 3.05. The van der Waals surface area contributed by atoms with Crippen LogP contribution in [-0.4, -0.2) is 29.9 Å². The molecule has 0 aliphatic carbocycles. The van der Waals surface area contributed by atoms with Crippen molar-refractivity contribution in [1.82, 2.24) is 9.97 Å². The molecule has 142 valence electrons. The van der Waals surface area contributed by atoms with Gasteiger partial charge in [-0.05, 0) is 40.5 Å². The third-order valence-electron chi connectivity index (χ3n) is 3.57. The van der Waals surface area contributed by atoms with E-state index in [2.05, 4.69) is 25.9 Å². The Labute approximate surface area is 169 Å². The summed E-state index contributed by atoms with van der Waals surface area (Å²) in [4.78, 5) is 19.6. The van der Waals surface area contributed by atoms with Gasteiger partial charge in [0.2, 0.25) is 15.8 Å². The number of fused-ring (bicyclic) bond motifs is 1. The largest absolute Gasteiger partial charge is 0.345 e. The number of aromatic nitrogens is 2. The zero-order valence-electron chi connectivity index (χ0n) is 18.3. The van der Waals surface area contributed by atoms with E-state index in [1.165, 1.54) is 18.5 Å². The standard InChI is InChI=1S/C17H14BrF2N3O3S/c1-2-5-27(25,26)23-13-4-3-12(19)14(15(13)20)16(24)11-8-22-17-10(11)6-9(18)7-21-17/h3-4,6-8,23H,2,5H2,1H3,(H,21,22)/i1D3,5D2. The molecule has 0 spiro atoms. The summed E-state index contributed by atoms with van der Waals surface area (Å²) >= 11 is 3.18. The van der Waals surface area contributed by atoms with Crippen LogP contribution in [0.5, 0.6) is 0 Å². The number of hydrogen-bond donors (Lipinski definition) is 2. The Morgan fingerprint density at radius 1 is 1.44 bits per heavy atom. The van der Waals surface area contributed by atoms with Crippen molar-refractivity contribution < 1.29 is 28.8 Å². The lowest BCUT2D eigenvalue weighted by molar-refractivity contribution is 0.103. The minimum Gasteiger partial charge on any atom is -0.345 e. The number of rotatable bonds is 6. The highest BCUT2D eigenvalue weighted by atomic mass is 79.9. The van der Waals surface area contributed by atoms with Crippen molar-refractivity contribution in [3.63, 3.8) is 0 Å². The lowest BCUT2D eigenvalue weighted by Crippen LogP contribution is -2.18. The number of nitrogens with zero attached hydrogens (tertiary/aromatic N) is 1. The molecule has 2 N–H and O–H groups in total. The highest BCUT2D eigenvalue weighted by molar-refractivity contribution is 9.10. The summed E-state index contributed by atoms with van der Waals surface area (Å²) < 4.78 is 92.7. The number of H-pyrrole nitrogens is 1. The van der Waals surface area contributed by atoms with Gasteiger partial charge in [-0.15, -0.1) is 0 Å². The van der Waals surface area contributed by atoms with Crippen LogP contribution < -0.4 is 4.72 Å². The number of aromatic amines is 1. The van der Waals surface area contributed by atoms with Crippen molar-refractivity contribution in [3.8, 4) is 0 Å². The van der Waals surface area contributed by atoms with Crippen LogP contribution in [0.2, 0.25) is 0 Å². The maximum absolute atomic E-state index is 15.1. The van der Waals surface area contributed by atoms with Gasteiger partial charge in [0.1, 0.15) is 11.5 Å². The zero-order valence-corrected chi connectivity index (χ0v) is 15.7. The summed E-state index contributed by atoms with van der Waals surface area (Å²) in [5.41, 5.74) is -5.17. The van der Waals surface area contributed by atoms with Crippen LogP contribution in [0.1, 0.15) is 36.0 Å². The summed E-state index contributed by atoms with van der Waals surface area (Å²) in [5, 5.41) is 0.253. The van der Waals surface area contributed by atoms with E-state index in [1.54, 1.807) is 4.72 Å². The molecule has 0 radical (unpaired) electrons. The first-order chi connectivity index (χ1) is 14.6. The molecule has 0 atom stereocenters. The van der Waals surface area contributed by atoms with Crippen LogP contribution in [-0.2, 0) is 10.0 Å². The Hall–Kier alpha value is -2.33.